The maximum atomic E-state index is 12.4. The van der Waals surface area contributed by atoms with Crippen LogP contribution in [0.3, 0.4) is 0 Å². The van der Waals surface area contributed by atoms with Crippen LogP contribution in [0.1, 0.15) is 35.7 Å². The van der Waals surface area contributed by atoms with E-state index in [1.165, 1.54) is 0 Å². The minimum Gasteiger partial charge on any atom is -0.352 e. The van der Waals surface area contributed by atoms with Crippen LogP contribution >= 0.6 is 37.2 Å². The average Bonchev–Trinajstić information content (AvgIpc) is 2.64. The first-order chi connectivity index (χ1) is 12.1. The molecule has 0 saturated carbocycles. The lowest BCUT2D eigenvalue weighted by Gasteiger charge is -2.32. The van der Waals surface area contributed by atoms with Crippen molar-refractivity contribution in [3.63, 3.8) is 0 Å². The second-order valence-corrected chi connectivity index (χ2v) is 6.77. The fraction of sp³-hybridized carbons (Fsp3) is 0.400. The number of rotatable bonds is 5. The number of nitrogens with zero attached hydrogens (tertiary/aromatic N) is 2. The fourth-order valence-electron chi connectivity index (χ4n) is 3.17. The predicted molar refractivity (Wildman–Crippen MR) is 121 cm³/mol. The maximum Gasteiger partial charge on any atom is 0.241 e. The molecular formula is C20H29Cl3N4O. The van der Waals surface area contributed by atoms with Gasteiger partial charge in [-0.2, -0.15) is 0 Å². The predicted octanol–water partition coefficient (Wildman–Crippen LogP) is 3.44. The summed E-state index contributed by atoms with van der Waals surface area (Å²) in [5, 5.41) is 3.11. The number of hydrogen-bond acceptors (Lipinski definition) is 4. The molecule has 1 aromatic carbocycles. The summed E-state index contributed by atoms with van der Waals surface area (Å²) in [5.74, 6) is -0.0907. The topological polar surface area (TPSA) is 71.2 Å². The Morgan fingerprint density at radius 3 is 2.36 bits per heavy atom. The Balaban J connectivity index is 0.00000243. The van der Waals surface area contributed by atoms with Crippen LogP contribution in [0.2, 0.25) is 0 Å². The normalized spacial score (nSPS) is 15.4. The van der Waals surface area contributed by atoms with Gasteiger partial charge in [0.1, 0.15) is 6.04 Å². The molecule has 1 amide bonds. The number of hydrogen-bond donors (Lipinski definition) is 2. The van der Waals surface area contributed by atoms with E-state index in [0.29, 0.717) is 0 Å². The number of benzene rings is 1. The van der Waals surface area contributed by atoms with Crippen LogP contribution in [0.4, 0.5) is 0 Å². The second kappa shape index (κ2) is 13.0. The first kappa shape index (κ1) is 26.6. The zero-order valence-electron chi connectivity index (χ0n) is 15.9. The standard InChI is InChI=1S/C20H26N4O.3ClH/c1-15-5-7-16(8-6-15)19(21)20(25)23-17-9-12-24(13-10-17)14-18-4-2-3-11-22-18;;;/h2-8,11,17,19H,9-10,12-14,21H2,1H3,(H,23,25);3*1H. The van der Waals surface area contributed by atoms with Crippen molar-refractivity contribution in [3.8, 4) is 0 Å². The van der Waals surface area contributed by atoms with Crippen LogP contribution in [0, 0.1) is 6.92 Å². The van der Waals surface area contributed by atoms with Crippen LogP contribution in [0.15, 0.2) is 48.7 Å². The van der Waals surface area contributed by atoms with Crippen molar-refractivity contribution in [2.24, 2.45) is 5.73 Å². The highest BCUT2D eigenvalue weighted by molar-refractivity contribution is 5.86. The summed E-state index contributed by atoms with van der Waals surface area (Å²) in [6, 6.07) is 13.4. The molecule has 2 heterocycles. The molecule has 1 saturated heterocycles. The van der Waals surface area contributed by atoms with E-state index in [9.17, 15) is 4.79 Å². The quantitative estimate of drug-likeness (QED) is 0.736. The summed E-state index contributed by atoms with van der Waals surface area (Å²) >= 11 is 0. The monoisotopic (exact) mass is 446 g/mol. The van der Waals surface area contributed by atoms with Gasteiger partial charge in [0.25, 0.3) is 0 Å². The highest BCUT2D eigenvalue weighted by Crippen LogP contribution is 2.16. The molecule has 1 unspecified atom stereocenters. The number of amides is 1. The zero-order valence-corrected chi connectivity index (χ0v) is 18.4. The first-order valence-corrected chi connectivity index (χ1v) is 8.86. The Hall–Kier alpha value is -1.37. The van der Waals surface area contributed by atoms with Gasteiger partial charge in [-0.25, -0.2) is 0 Å². The Kier molecular flexibility index (Phi) is 12.3. The highest BCUT2D eigenvalue weighted by atomic mass is 35.5. The number of pyridine rings is 1. The SMILES string of the molecule is Cc1ccc(C(N)C(=O)NC2CCN(Cc3ccccn3)CC2)cc1.Cl.Cl.Cl. The summed E-state index contributed by atoms with van der Waals surface area (Å²) in [5.41, 5.74) is 9.21. The van der Waals surface area contributed by atoms with Crippen molar-refractivity contribution in [3.05, 3.63) is 65.5 Å². The fourth-order valence-corrected chi connectivity index (χ4v) is 3.17. The van der Waals surface area contributed by atoms with Crippen molar-refractivity contribution < 1.29 is 4.79 Å². The first-order valence-electron chi connectivity index (χ1n) is 8.86. The molecule has 156 valence electrons. The molecular weight excluding hydrogens is 419 g/mol. The number of likely N-dealkylation sites (tertiary alicyclic amines) is 1. The van der Waals surface area contributed by atoms with Gasteiger partial charge in [0.2, 0.25) is 5.91 Å². The van der Waals surface area contributed by atoms with E-state index in [1.807, 2.05) is 49.5 Å². The Morgan fingerprint density at radius 2 is 1.79 bits per heavy atom. The number of carbonyl (C=O) groups is 1. The molecule has 3 N–H and O–H groups in total. The van der Waals surface area contributed by atoms with Gasteiger partial charge in [-0.15, -0.1) is 37.2 Å². The molecule has 28 heavy (non-hydrogen) atoms. The third-order valence-electron chi connectivity index (χ3n) is 4.76. The zero-order chi connectivity index (χ0) is 17.6. The molecule has 8 heteroatoms. The lowest BCUT2D eigenvalue weighted by atomic mass is 10.0. The highest BCUT2D eigenvalue weighted by Gasteiger charge is 2.23. The molecule has 1 fully saturated rings. The molecule has 1 aliphatic heterocycles. The summed E-state index contributed by atoms with van der Waals surface area (Å²) in [6.07, 6.45) is 3.72. The van der Waals surface area contributed by atoms with Gasteiger partial charge < -0.3 is 11.1 Å². The van der Waals surface area contributed by atoms with E-state index in [0.717, 1.165) is 49.3 Å². The maximum absolute atomic E-state index is 12.4. The number of aryl methyl sites for hydroxylation is 1. The average molecular weight is 448 g/mol. The third-order valence-corrected chi connectivity index (χ3v) is 4.76. The lowest BCUT2D eigenvalue weighted by Crippen LogP contribution is -2.46. The molecule has 5 nitrogen and oxygen atoms in total. The van der Waals surface area contributed by atoms with Gasteiger partial charge in [-0.3, -0.25) is 14.7 Å². The van der Waals surface area contributed by atoms with Gasteiger partial charge in [0.15, 0.2) is 0 Å². The summed E-state index contributed by atoms with van der Waals surface area (Å²) in [7, 11) is 0. The molecule has 0 bridgehead atoms. The summed E-state index contributed by atoms with van der Waals surface area (Å²) in [4.78, 5) is 19.2. The number of nitrogens with one attached hydrogen (secondary N) is 1. The van der Waals surface area contributed by atoms with Crippen molar-refractivity contribution in [2.45, 2.75) is 38.4 Å². The molecule has 2 aromatic rings. The van der Waals surface area contributed by atoms with Gasteiger partial charge >= 0.3 is 0 Å². The molecule has 1 atom stereocenters. The number of aromatic nitrogens is 1. The smallest absolute Gasteiger partial charge is 0.241 e. The van der Waals surface area contributed by atoms with Crippen LogP contribution in [0.5, 0.6) is 0 Å². The van der Waals surface area contributed by atoms with Crippen molar-refractivity contribution >= 4 is 43.1 Å². The van der Waals surface area contributed by atoms with E-state index >= 15 is 0 Å². The molecule has 3 rings (SSSR count). The van der Waals surface area contributed by atoms with E-state index in [4.69, 9.17) is 5.73 Å². The largest absolute Gasteiger partial charge is 0.352 e. The third kappa shape index (κ3) is 7.57. The minimum atomic E-state index is -0.604. The summed E-state index contributed by atoms with van der Waals surface area (Å²) in [6.45, 7) is 4.81. The van der Waals surface area contributed by atoms with E-state index in [2.05, 4.69) is 21.3 Å². The van der Waals surface area contributed by atoms with Gasteiger partial charge in [0, 0.05) is 31.9 Å². The van der Waals surface area contributed by atoms with Crippen molar-refractivity contribution in [1.82, 2.24) is 15.2 Å². The summed E-state index contributed by atoms with van der Waals surface area (Å²) < 4.78 is 0. The number of carbonyl (C=O) groups excluding carboxylic acids is 1. The number of piperidine rings is 1. The molecule has 1 aromatic heterocycles. The van der Waals surface area contributed by atoms with Crippen LogP contribution in [-0.2, 0) is 11.3 Å². The lowest BCUT2D eigenvalue weighted by molar-refractivity contribution is -0.123. The van der Waals surface area contributed by atoms with E-state index < -0.39 is 6.04 Å². The Bertz CT molecular complexity index is 692. The van der Waals surface area contributed by atoms with Crippen LogP contribution in [0.25, 0.3) is 0 Å². The molecule has 0 spiro atoms. The van der Waals surface area contributed by atoms with Crippen molar-refractivity contribution in [1.29, 1.82) is 0 Å². The Labute approximate surface area is 185 Å². The minimum absolute atomic E-state index is 0. The van der Waals surface area contributed by atoms with E-state index in [1.54, 1.807) is 0 Å². The number of nitrogens with two attached hydrogens (primary N) is 1. The second-order valence-electron chi connectivity index (χ2n) is 6.77. The Morgan fingerprint density at radius 1 is 1.14 bits per heavy atom. The molecule has 1 aliphatic rings. The molecule has 0 radical (unpaired) electrons. The van der Waals surface area contributed by atoms with Gasteiger partial charge in [0.05, 0.1) is 5.69 Å². The number of halogens is 3. The van der Waals surface area contributed by atoms with Gasteiger partial charge in [-0.1, -0.05) is 35.9 Å². The van der Waals surface area contributed by atoms with Crippen molar-refractivity contribution in [2.75, 3.05) is 13.1 Å². The van der Waals surface area contributed by atoms with Gasteiger partial charge in [-0.05, 0) is 37.5 Å². The van der Waals surface area contributed by atoms with E-state index in [-0.39, 0.29) is 49.2 Å². The van der Waals surface area contributed by atoms with Crippen LogP contribution < -0.4 is 11.1 Å². The molecule has 0 aliphatic carbocycles. The van der Waals surface area contributed by atoms with Crippen LogP contribution in [-0.4, -0.2) is 34.9 Å².